The van der Waals surface area contributed by atoms with Crippen molar-refractivity contribution in [2.45, 2.75) is 57.1 Å². The van der Waals surface area contributed by atoms with Gasteiger partial charge >= 0.3 is 0 Å². The Labute approximate surface area is 139 Å². The first-order chi connectivity index (χ1) is 11.3. The van der Waals surface area contributed by atoms with E-state index in [0.29, 0.717) is 25.2 Å². The third-order valence-electron chi connectivity index (χ3n) is 6.46. The Morgan fingerprint density at radius 1 is 0.957 bits per heavy atom. The Bertz CT molecular complexity index is 432. The zero-order valence-electron chi connectivity index (χ0n) is 14.2. The molecule has 1 amide bonds. The third-order valence-corrected chi connectivity index (χ3v) is 6.46. The maximum atomic E-state index is 13.3. The van der Waals surface area contributed by atoms with Crippen LogP contribution in [-0.2, 0) is 14.3 Å². The van der Waals surface area contributed by atoms with E-state index in [1.165, 1.54) is 32.1 Å². The Kier molecular flexibility index (Phi) is 4.61. The van der Waals surface area contributed by atoms with E-state index < -0.39 is 0 Å². The third kappa shape index (κ3) is 2.92. The zero-order chi connectivity index (χ0) is 15.7. The molecule has 4 aliphatic rings. The lowest BCUT2D eigenvalue weighted by atomic mass is 9.74. The minimum absolute atomic E-state index is 0.137. The van der Waals surface area contributed by atoms with E-state index in [9.17, 15) is 4.79 Å². The number of piperidine rings is 1. The number of hydrogen-bond donors (Lipinski definition) is 0. The van der Waals surface area contributed by atoms with Gasteiger partial charge in [-0.05, 0) is 25.7 Å². The van der Waals surface area contributed by atoms with Crippen molar-refractivity contribution in [3.8, 4) is 0 Å². The van der Waals surface area contributed by atoms with E-state index >= 15 is 0 Å². The van der Waals surface area contributed by atoms with Gasteiger partial charge in [-0.25, -0.2) is 0 Å². The number of carbonyl (C=O) groups is 1. The summed E-state index contributed by atoms with van der Waals surface area (Å²) in [6, 6.07) is 0.694. The van der Waals surface area contributed by atoms with E-state index in [1.807, 2.05) is 4.90 Å². The minimum Gasteiger partial charge on any atom is -0.378 e. The minimum atomic E-state index is -0.285. The SMILES string of the molecule is O=C(N1CCOCC1)[C@@]12CCO[C@@H]1CCN(C1CCCCC1)C2. The Morgan fingerprint density at radius 2 is 1.74 bits per heavy atom. The van der Waals surface area contributed by atoms with E-state index in [1.54, 1.807) is 0 Å². The molecule has 0 bridgehead atoms. The summed E-state index contributed by atoms with van der Waals surface area (Å²) in [6.45, 7) is 5.62. The molecule has 4 fully saturated rings. The van der Waals surface area contributed by atoms with Gasteiger partial charge in [0.25, 0.3) is 0 Å². The van der Waals surface area contributed by atoms with Crippen LogP contribution in [0.1, 0.15) is 44.9 Å². The number of likely N-dealkylation sites (tertiary alicyclic amines) is 1. The molecular weight excluding hydrogens is 292 g/mol. The van der Waals surface area contributed by atoms with Crippen molar-refractivity contribution < 1.29 is 14.3 Å². The quantitative estimate of drug-likeness (QED) is 0.775. The fourth-order valence-corrected chi connectivity index (χ4v) is 5.12. The lowest BCUT2D eigenvalue weighted by Crippen LogP contribution is -2.60. The van der Waals surface area contributed by atoms with Crippen LogP contribution in [0.15, 0.2) is 0 Å². The van der Waals surface area contributed by atoms with Gasteiger partial charge in [0, 0.05) is 38.8 Å². The number of amides is 1. The second-order valence-electron chi connectivity index (χ2n) is 7.72. The molecule has 3 heterocycles. The molecule has 23 heavy (non-hydrogen) atoms. The number of rotatable bonds is 2. The summed E-state index contributed by atoms with van der Waals surface area (Å²) in [6.07, 6.45) is 8.77. The molecule has 3 saturated heterocycles. The van der Waals surface area contributed by atoms with E-state index in [-0.39, 0.29) is 11.5 Å². The van der Waals surface area contributed by atoms with Crippen LogP contribution in [0.5, 0.6) is 0 Å². The summed E-state index contributed by atoms with van der Waals surface area (Å²) in [5, 5.41) is 0. The molecule has 1 saturated carbocycles. The summed E-state index contributed by atoms with van der Waals surface area (Å²) in [5.74, 6) is 0.337. The van der Waals surface area contributed by atoms with Gasteiger partial charge in [0.2, 0.25) is 5.91 Å². The van der Waals surface area contributed by atoms with Gasteiger partial charge in [-0.1, -0.05) is 19.3 Å². The van der Waals surface area contributed by atoms with Crippen molar-refractivity contribution >= 4 is 5.91 Å². The van der Waals surface area contributed by atoms with Crippen LogP contribution in [0.4, 0.5) is 0 Å². The van der Waals surface area contributed by atoms with Crippen molar-refractivity contribution in [2.75, 3.05) is 46.0 Å². The maximum absolute atomic E-state index is 13.3. The standard InChI is InChI=1S/C18H30N2O3/c21-17(19-9-12-22-13-10-19)18-7-11-23-16(18)6-8-20(14-18)15-4-2-1-3-5-15/h15-16H,1-14H2/t16-,18-/m1/s1. The number of nitrogens with zero attached hydrogens (tertiary/aromatic N) is 2. The highest BCUT2D eigenvalue weighted by atomic mass is 16.5. The molecule has 130 valence electrons. The summed E-state index contributed by atoms with van der Waals surface area (Å²) in [4.78, 5) is 18.0. The topological polar surface area (TPSA) is 42.0 Å². The van der Waals surface area contributed by atoms with Crippen LogP contribution < -0.4 is 0 Å². The van der Waals surface area contributed by atoms with Gasteiger partial charge in [0.05, 0.1) is 24.7 Å². The van der Waals surface area contributed by atoms with Crippen molar-refractivity contribution in [3.63, 3.8) is 0 Å². The van der Waals surface area contributed by atoms with Crippen LogP contribution in [0, 0.1) is 5.41 Å². The second-order valence-corrected chi connectivity index (χ2v) is 7.72. The molecule has 0 aromatic carbocycles. The predicted octanol–water partition coefficient (Wildman–Crippen LogP) is 1.66. The van der Waals surface area contributed by atoms with Crippen molar-refractivity contribution in [1.82, 2.24) is 9.80 Å². The Hall–Kier alpha value is -0.650. The number of carbonyl (C=O) groups excluding carboxylic acids is 1. The van der Waals surface area contributed by atoms with E-state index in [2.05, 4.69) is 4.90 Å². The smallest absolute Gasteiger partial charge is 0.232 e. The fraction of sp³-hybridized carbons (Fsp3) is 0.944. The molecule has 0 radical (unpaired) electrons. The predicted molar refractivity (Wildman–Crippen MR) is 87.3 cm³/mol. The molecule has 2 atom stereocenters. The fourth-order valence-electron chi connectivity index (χ4n) is 5.12. The van der Waals surface area contributed by atoms with Crippen molar-refractivity contribution in [1.29, 1.82) is 0 Å². The first-order valence-electron chi connectivity index (χ1n) is 9.52. The average Bonchev–Trinajstić information content (AvgIpc) is 3.07. The highest BCUT2D eigenvalue weighted by Gasteiger charge is 2.55. The molecular formula is C18H30N2O3. The molecule has 0 unspecified atom stereocenters. The normalized spacial score (nSPS) is 36.9. The average molecular weight is 322 g/mol. The first-order valence-corrected chi connectivity index (χ1v) is 9.52. The largest absolute Gasteiger partial charge is 0.378 e. The van der Waals surface area contributed by atoms with E-state index in [4.69, 9.17) is 9.47 Å². The lowest BCUT2D eigenvalue weighted by molar-refractivity contribution is -0.155. The van der Waals surface area contributed by atoms with Gasteiger partial charge in [-0.3, -0.25) is 9.69 Å². The van der Waals surface area contributed by atoms with Crippen LogP contribution in [0.25, 0.3) is 0 Å². The molecule has 0 N–H and O–H groups in total. The van der Waals surface area contributed by atoms with Gasteiger partial charge in [-0.15, -0.1) is 0 Å². The Morgan fingerprint density at radius 3 is 2.52 bits per heavy atom. The van der Waals surface area contributed by atoms with Crippen LogP contribution >= 0.6 is 0 Å². The van der Waals surface area contributed by atoms with Crippen LogP contribution in [0.2, 0.25) is 0 Å². The van der Waals surface area contributed by atoms with Crippen molar-refractivity contribution in [2.24, 2.45) is 5.41 Å². The molecule has 0 aromatic rings. The molecule has 0 spiro atoms. The summed E-state index contributed by atoms with van der Waals surface area (Å²) >= 11 is 0. The summed E-state index contributed by atoms with van der Waals surface area (Å²) < 4.78 is 11.4. The monoisotopic (exact) mass is 322 g/mol. The molecule has 1 aliphatic carbocycles. The summed E-state index contributed by atoms with van der Waals surface area (Å²) in [5.41, 5.74) is -0.285. The summed E-state index contributed by atoms with van der Waals surface area (Å²) in [7, 11) is 0. The second kappa shape index (κ2) is 6.69. The number of ether oxygens (including phenoxy) is 2. The molecule has 3 aliphatic heterocycles. The number of fused-ring (bicyclic) bond motifs is 1. The van der Waals surface area contributed by atoms with Gasteiger partial charge in [0.1, 0.15) is 0 Å². The Balaban J connectivity index is 1.51. The van der Waals surface area contributed by atoms with E-state index in [0.717, 1.165) is 45.6 Å². The van der Waals surface area contributed by atoms with Gasteiger partial charge in [-0.2, -0.15) is 0 Å². The van der Waals surface area contributed by atoms with Crippen molar-refractivity contribution in [3.05, 3.63) is 0 Å². The van der Waals surface area contributed by atoms with Crippen LogP contribution in [0.3, 0.4) is 0 Å². The maximum Gasteiger partial charge on any atom is 0.232 e. The number of morpholine rings is 1. The number of hydrogen-bond acceptors (Lipinski definition) is 4. The molecule has 4 rings (SSSR count). The first kappa shape index (κ1) is 15.9. The molecule has 5 nitrogen and oxygen atoms in total. The molecule has 0 aromatic heterocycles. The van der Waals surface area contributed by atoms with Gasteiger partial charge in [0.15, 0.2) is 0 Å². The van der Waals surface area contributed by atoms with Crippen LogP contribution in [-0.4, -0.2) is 73.9 Å². The highest BCUT2D eigenvalue weighted by molar-refractivity contribution is 5.84. The lowest BCUT2D eigenvalue weighted by Gasteiger charge is -2.48. The van der Waals surface area contributed by atoms with Gasteiger partial charge < -0.3 is 14.4 Å². The zero-order valence-corrected chi connectivity index (χ0v) is 14.2. The highest BCUT2D eigenvalue weighted by Crippen LogP contribution is 2.44. The molecule has 5 heteroatoms.